The molecule has 1 N–H and O–H groups in total. The zero-order valence-corrected chi connectivity index (χ0v) is 19.9. The van der Waals surface area contributed by atoms with Gasteiger partial charge in [0.25, 0.3) is 5.91 Å². The Hall–Kier alpha value is -3.25. The van der Waals surface area contributed by atoms with Crippen molar-refractivity contribution in [1.82, 2.24) is 4.90 Å². The van der Waals surface area contributed by atoms with Gasteiger partial charge in [0, 0.05) is 37.1 Å². The molecule has 1 aliphatic rings. The van der Waals surface area contributed by atoms with Crippen molar-refractivity contribution in [2.45, 2.75) is 13.8 Å². The number of fused-ring (bicyclic) bond motifs is 1. The smallest absolute Gasteiger partial charge is 0.259 e. The molecule has 33 heavy (non-hydrogen) atoms. The molecule has 172 valence electrons. The molecule has 1 aliphatic heterocycles. The van der Waals surface area contributed by atoms with E-state index in [-0.39, 0.29) is 17.7 Å². The molecule has 0 aliphatic carbocycles. The highest BCUT2D eigenvalue weighted by molar-refractivity contribution is 6.31. The van der Waals surface area contributed by atoms with Crippen LogP contribution in [-0.2, 0) is 4.79 Å². The lowest BCUT2D eigenvalue weighted by atomic mass is 10.0. The molecule has 2 amide bonds. The number of hydrogen-bond donors (Lipinski definition) is 1. The van der Waals surface area contributed by atoms with Crippen molar-refractivity contribution in [2.24, 2.45) is 5.92 Å². The zero-order valence-electron chi connectivity index (χ0n) is 19.1. The molecule has 4 rings (SSSR count). The van der Waals surface area contributed by atoms with E-state index >= 15 is 0 Å². The van der Waals surface area contributed by atoms with Crippen LogP contribution in [0.5, 0.6) is 5.75 Å². The van der Waals surface area contributed by atoms with Gasteiger partial charge >= 0.3 is 0 Å². The van der Waals surface area contributed by atoms with Crippen LogP contribution in [0, 0.1) is 5.92 Å². The van der Waals surface area contributed by atoms with Crippen LogP contribution < -0.4 is 15.0 Å². The van der Waals surface area contributed by atoms with Gasteiger partial charge in [-0.05, 0) is 41.1 Å². The summed E-state index contributed by atoms with van der Waals surface area (Å²) in [6.45, 7) is 6.49. The number of piperazine rings is 1. The first-order valence-electron chi connectivity index (χ1n) is 11.1. The number of amides is 2. The Kier molecular flexibility index (Phi) is 6.75. The number of nitrogens with one attached hydrogen (secondary N) is 1. The molecule has 3 aromatic carbocycles. The third-order valence-electron chi connectivity index (χ3n) is 5.95. The Morgan fingerprint density at radius 1 is 0.970 bits per heavy atom. The lowest BCUT2D eigenvalue weighted by Gasteiger charge is -2.37. The Morgan fingerprint density at radius 3 is 2.27 bits per heavy atom. The van der Waals surface area contributed by atoms with Gasteiger partial charge in [-0.1, -0.05) is 49.7 Å². The summed E-state index contributed by atoms with van der Waals surface area (Å²) in [7, 11) is 1.56. The Morgan fingerprint density at radius 2 is 1.64 bits per heavy atom. The van der Waals surface area contributed by atoms with E-state index in [0.717, 1.165) is 16.5 Å². The van der Waals surface area contributed by atoms with Gasteiger partial charge in [-0.2, -0.15) is 0 Å². The van der Waals surface area contributed by atoms with Crippen molar-refractivity contribution in [3.8, 4) is 5.75 Å². The summed E-state index contributed by atoms with van der Waals surface area (Å²) < 4.78 is 5.50. The maximum Gasteiger partial charge on any atom is 0.259 e. The summed E-state index contributed by atoms with van der Waals surface area (Å²) in [6, 6.07) is 17.0. The van der Waals surface area contributed by atoms with Crippen LogP contribution >= 0.6 is 11.6 Å². The normalized spacial score (nSPS) is 14.0. The predicted octanol–water partition coefficient (Wildman–Crippen LogP) is 5.06. The lowest BCUT2D eigenvalue weighted by Crippen LogP contribution is -2.50. The number of hydrogen-bond acceptors (Lipinski definition) is 4. The van der Waals surface area contributed by atoms with E-state index < -0.39 is 0 Å². The summed E-state index contributed by atoms with van der Waals surface area (Å²) in [5.41, 5.74) is 1.96. The highest BCUT2D eigenvalue weighted by Crippen LogP contribution is 2.32. The summed E-state index contributed by atoms with van der Waals surface area (Å²) in [6.07, 6.45) is 0. The molecule has 1 fully saturated rings. The highest BCUT2D eigenvalue weighted by Gasteiger charge is 2.25. The van der Waals surface area contributed by atoms with Crippen LogP contribution in [0.15, 0.2) is 54.6 Å². The van der Waals surface area contributed by atoms with Gasteiger partial charge in [0.15, 0.2) is 0 Å². The molecule has 1 saturated heterocycles. The molecule has 0 unspecified atom stereocenters. The first-order chi connectivity index (χ1) is 15.9. The Balaban J connectivity index is 1.58. The summed E-state index contributed by atoms with van der Waals surface area (Å²) in [5.74, 6) is 0.395. The molecule has 3 aromatic rings. The fourth-order valence-electron chi connectivity index (χ4n) is 4.17. The van der Waals surface area contributed by atoms with Crippen molar-refractivity contribution < 1.29 is 14.3 Å². The van der Waals surface area contributed by atoms with E-state index in [2.05, 4.69) is 10.2 Å². The van der Waals surface area contributed by atoms with Crippen LogP contribution in [0.4, 0.5) is 11.4 Å². The number of benzene rings is 3. The van der Waals surface area contributed by atoms with Gasteiger partial charge in [-0.25, -0.2) is 0 Å². The summed E-state index contributed by atoms with van der Waals surface area (Å²) in [4.78, 5) is 29.7. The second kappa shape index (κ2) is 9.71. The Bertz CT molecular complexity index is 1190. The predicted molar refractivity (Wildman–Crippen MR) is 134 cm³/mol. The van der Waals surface area contributed by atoms with Crippen LogP contribution in [0.2, 0.25) is 5.02 Å². The molecule has 0 bridgehead atoms. The first kappa shape index (κ1) is 22.9. The average molecular weight is 466 g/mol. The van der Waals surface area contributed by atoms with Crippen molar-refractivity contribution in [3.63, 3.8) is 0 Å². The minimum atomic E-state index is -0.269. The molecule has 0 radical (unpaired) electrons. The van der Waals surface area contributed by atoms with Crippen LogP contribution in [0.25, 0.3) is 10.8 Å². The Labute approximate surface area is 199 Å². The quantitative estimate of drug-likeness (QED) is 0.572. The minimum Gasteiger partial charge on any atom is -0.496 e. The van der Waals surface area contributed by atoms with E-state index in [1.165, 1.54) is 0 Å². The fraction of sp³-hybridized carbons (Fsp3) is 0.308. The van der Waals surface area contributed by atoms with Gasteiger partial charge in [0.05, 0.1) is 24.0 Å². The standard InChI is InChI=1S/C26H28ClN3O3/c1-17(2)26(32)30-12-10-29(11-13-30)23-9-8-20(27)16-22(23)28-25(31)21-14-18-6-4-5-7-19(18)15-24(21)33-3/h4-9,14-17H,10-13H2,1-3H3,(H,28,31). The molecule has 0 aromatic heterocycles. The van der Waals surface area contributed by atoms with Gasteiger partial charge in [0.2, 0.25) is 5.91 Å². The molecule has 6 nitrogen and oxygen atoms in total. The molecule has 1 heterocycles. The van der Waals surface area contributed by atoms with Gasteiger partial charge in [-0.15, -0.1) is 0 Å². The van der Waals surface area contributed by atoms with E-state index in [1.54, 1.807) is 13.2 Å². The molecule has 0 spiro atoms. The second-order valence-electron chi connectivity index (χ2n) is 8.48. The largest absolute Gasteiger partial charge is 0.496 e. The number of halogens is 1. The van der Waals surface area contributed by atoms with Crippen molar-refractivity contribution in [3.05, 3.63) is 65.2 Å². The number of carbonyl (C=O) groups is 2. The molecule has 0 atom stereocenters. The fourth-order valence-corrected chi connectivity index (χ4v) is 4.34. The van der Waals surface area contributed by atoms with Crippen LogP contribution in [-0.4, -0.2) is 50.0 Å². The number of nitrogens with zero attached hydrogens (tertiary/aromatic N) is 2. The molecule has 7 heteroatoms. The monoisotopic (exact) mass is 465 g/mol. The number of methoxy groups -OCH3 is 1. The molecular formula is C26H28ClN3O3. The van der Waals surface area contributed by atoms with Gasteiger partial charge in [0.1, 0.15) is 5.75 Å². The third-order valence-corrected chi connectivity index (χ3v) is 6.18. The molecule has 0 saturated carbocycles. The van der Waals surface area contributed by atoms with Crippen molar-refractivity contribution in [2.75, 3.05) is 43.5 Å². The van der Waals surface area contributed by atoms with E-state index in [4.69, 9.17) is 16.3 Å². The number of carbonyl (C=O) groups excluding carboxylic acids is 2. The summed E-state index contributed by atoms with van der Waals surface area (Å²) in [5, 5.41) is 5.53. The number of ether oxygens (including phenoxy) is 1. The van der Waals surface area contributed by atoms with E-state index in [0.29, 0.717) is 48.2 Å². The third kappa shape index (κ3) is 4.91. The maximum absolute atomic E-state index is 13.3. The second-order valence-corrected chi connectivity index (χ2v) is 8.92. The minimum absolute atomic E-state index is 0.0149. The first-order valence-corrected chi connectivity index (χ1v) is 11.5. The van der Waals surface area contributed by atoms with Crippen LogP contribution in [0.3, 0.4) is 0 Å². The highest BCUT2D eigenvalue weighted by atomic mass is 35.5. The van der Waals surface area contributed by atoms with E-state index in [9.17, 15) is 9.59 Å². The van der Waals surface area contributed by atoms with Gasteiger partial charge in [-0.3, -0.25) is 9.59 Å². The van der Waals surface area contributed by atoms with Crippen LogP contribution in [0.1, 0.15) is 24.2 Å². The molecular weight excluding hydrogens is 438 g/mol. The SMILES string of the molecule is COc1cc2ccccc2cc1C(=O)Nc1cc(Cl)ccc1N1CCN(C(=O)C(C)C)CC1. The number of rotatable bonds is 5. The van der Waals surface area contributed by atoms with Gasteiger partial charge < -0.3 is 19.9 Å². The lowest BCUT2D eigenvalue weighted by molar-refractivity contribution is -0.134. The number of anilines is 2. The van der Waals surface area contributed by atoms with Crippen molar-refractivity contribution >= 4 is 45.6 Å². The topological polar surface area (TPSA) is 61.9 Å². The van der Waals surface area contributed by atoms with E-state index in [1.807, 2.05) is 67.3 Å². The summed E-state index contributed by atoms with van der Waals surface area (Å²) >= 11 is 6.27. The maximum atomic E-state index is 13.3. The zero-order chi connectivity index (χ0) is 23.5. The van der Waals surface area contributed by atoms with Crippen molar-refractivity contribution in [1.29, 1.82) is 0 Å². The average Bonchev–Trinajstić information content (AvgIpc) is 2.83.